The molecule has 0 spiro atoms. The Morgan fingerprint density at radius 1 is 0.667 bits per heavy atom. The molecule has 0 heterocycles. The molecule has 9 heteroatoms. The van der Waals surface area contributed by atoms with E-state index in [2.05, 4.69) is 8.37 Å². The van der Waals surface area contributed by atoms with Gasteiger partial charge in [-0.3, -0.25) is 8.37 Å². The Balaban J connectivity index is 2.28. The fourth-order valence-corrected chi connectivity index (χ4v) is 4.83. The van der Waals surface area contributed by atoms with Gasteiger partial charge in [0.2, 0.25) is 0 Å². The Bertz CT molecular complexity index is 823. The third kappa shape index (κ3) is 3.98. The first-order valence-corrected chi connectivity index (χ1v) is 11.4. The molecule has 0 fully saturated rings. The molecule has 0 bridgehead atoms. The predicted octanol–water partition coefficient (Wildman–Crippen LogP) is 2.41. The molecule has 0 aliphatic heterocycles. The van der Waals surface area contributed by atoms with Crippen molar-refractivity contribution in [1.82, 2.24) is 0 Å². The smallest absolute Gasteiger partial charge is 0.270 e. The first kappa shape index (κ1) is 18.9. The molecule has 0 radical (unpaired) electrons. The fraction of sp³-hybridized carbons (Fsp3) is 0.200. The minimum atomic E-state index is -3.70. The number of rotatable bonds is 6. The third-order valence-electron chi connectivity index (χ3n) is 3.46. The Kier molecular flexibility index (Phi) is 5.71. The zero-order chi connectivity index (χ0) is 18.0. The van der Waals surface area contributed by atoms with Crippen molar-refractivity contribution in [3.8, 4) is 0 Å². The SMILES string of the molecule is COS(=O)(=O)c1ccc([SH](C)c2ccc(S(=O)(=O)OC)cc2)cc1. The van der Waals surface area contributed by atoms with Gasteiger partial charge < -0.3 is 0 Å². The monoisotopic (exact) mass is 390 g/mol. The van der Waals surface area contributed by atoms with Crippen molar-refractivity contribution in [1.29, 1.82) is 0 Å². The van der Waals surface area contributed by atoms with Gasteiger partial charge in [-0.05, 0) is 64.6 Å². The van der Waals surface area contributed by atoms with Crippen LogP contribution in [0.25, 0.3) is 0 Å². The largest absolute Gasteiger partial charge is 0.296 e. The lowest BCUT2D eigenvalue weighted by atomic mass is 10.4. The van der Waals surface area contributed by atoms with Gasteiger partial charge in [0, 0.05) is 0 Å². The summed E-state index contributed by atoms with van der Waals surface area (Å²) in [4.78, 5) is 2.11. The van der Waals surface area contributed by atoms with Gasteiger partial charge in [-0.1, -0.05) is 0 Å². The van der Waals surface area contributed by atoms with Crippen LogP contribution in [0.2, 0.25) is 0 Å². The molecule has 0 saturated heterocycles. The van der Waals surface area contributed by atoms with E-state index >= 15 is 0 Å². The Hall–Kier alpha value is -1.39. The second kappa shape index (κ2) is 7.24. The summed E-state index contributed by atoms with van der Waals surface area (Å²) in [5.41, 5.74) is 0. The minimum Gasteiger partial charge on any atom is -0.270 e. The highest BCUT2D eigenvalue weighted by atomic mass is 32.2. The molecule has 0 atom stereocenters. The van der Waals surface area contributed by atoms with Gasteiger partial charge in [-0.25, -0.2) is 10.9 Å². The maximum Gasteiger partial charge on any atom is 0.296 e. The molecule has 2 aromatic rings. The van der Waals surface area contributed by atoms with Gasteiger partial charge in [0.25, 0.3) is 20.2 Å². The highest BCUT2D eigenvalue weighted by Gasteiger charge is 2.15. The van der Waals surface area contributed by atoms with Crippen LogP contribution in [-0.2, 0) is 28.6 Å². The van der Waals surface area contributed by atoms with E-state index in [1.807, 2.05) is 6.26 Å². The molecule has 0 N–H and O–H groups in total. The maximum absolute atomic E-state index is 11.6. The lowest BCUT2D eigenvalue weighted by Crippen LogP contribution is -2.02. The molecule has 0 aromatic heterocycles. The molecule has 0 aliphatic carbocycles. The summed E-state index contributed by atoms with van der Waals surface area (Å²) >= 11 is 0. The second-order valence-electron chi connectivity index (χ2n) is 4.79. The highest BCUT2D eigenvalue weighted by Crippen LogP contribution is 2.41. The van der Waals surface area contributed by atoms with Crippen molar-refractivity contribution in [2.45, 2.75) is 19.6 Å². The molecule has 0 unspecified atom stereocenters. The van der Waals surface area contributed by atoms with Crippen molar-refractivity contribution in [3.05, 3.63) is 48.5 Å². The van der Waals surface area contributed by atoms with Crippen LogP contribution in [0.3, 0.4) is 0 Å². The first-order valence-electron chi connectivity index (χ1n) is 6.76. The Morgan fingerprint density at radius 2 is 0.958 bits per heavy atom. The van der Waals surface area contributed by atoms with Gasteiger partial charge in [0.1, 0.15) is 0 Å². The lowest BCUT2D eigenvalue weighted by Gasteiger charge is -2.17. The summed E-state index contributed by atoms with van der Waals surface area (Å²) in [5, 5.41) is 0. The average Bonchev–Trinajstić information content (AvgIpc) is 2.61. The van der Waals surface area contributed by atoms with Crippen LogP contribution in [0, 0.1) is 0 Å². The van der Waals surface area contributed by atoms with E-state index in [4.69, 9.17) is 0 Å². The number of benzene rings is 2. The normalized spacial score (nSPS) is 12.9. The molecule has 132 valence electrons. The van der Waals surface area contributed by atoms with Crippen LogP contribution in [0.15, 0.2) is 68.1 Å². The zero-order valence-electron chi connectivity index (χ0n) is 13.3. The lowest BCUT2D eigenvalue weighted by molar-refractivity contribution is 0.396. The van der Waals surface area contributed by atoms with E-state index < -0.39 is 31.1 Å². The topological polar surface area (TPSA) is 86.7 Å². The third-order valence-corrected chi connectivity index (χ3v) is 8.19. The quantitative estimate of drug-likeness (QED) is 0.602. The van der Waals surface area contributed by atoms with Crippen molar-refractivity contribution in [3.63, 3.8) is 0 Å². The summed E-state index contributed by atoms with van der Waals surface area (Å²) in [5.74, 6) is 0. The summed E-state index contributed by atoms with van der Waals surface area (Å²) in [6.07, 6.45) is 2.01. The minimum absolute atomic E-state index is 0.0960. The molecule has 24 heavy (non-hydrogen) atoms. The van der Waals surface area contributed by atoms with Crippen LogP contribution >= 0.6 is 10.9 Å². The van der Waals surface area contributed by atoms with E-state index in [0.29, 0.717) is 0 Å². The average molecular weight is 391 g/mol. The molecule has 0 saturated carbocycles. The molecule has 6 nitrogen and oxygen atoms in total. The van der Waals surface area contributed by atoms with Crippen molar-refractivity contribution in [2.75, 3.05) is 20.5 Å². The van der Waals surface area contributed by atoms with Crippen LogP contribution in [-0.4, -0.2) is 37.3 Å². The first-order chi connectivity index (χ1) is 11.2. The van der Waals surface area contributed by atoms with Crippen LogP contribution in [0.1, 0.15) is 0 Å². The van der Waals surface area contributed by atoms with E-state index in [0.717, 1.165) is 24.0 Å². The molecule has 0 amide bonds. The van der Waals surface area contributed by atoms with Gasteiger partial charge in [0.15, 0.2) is 0 Å². The molecular weight excluding hydrogens is 372 g/mol. The Labute approximate surface area is 145 Å². The highest BCUT2D eigenvalue weighted by molar-refractivity contribution is 8.16. The Morgan fingerprint density at radius 3 is 1.21 bits per heavy atom. The standard InChI is InChI=1S/C15H18O6S3/c1-20-23(16,17)14-8-4-12(5-9-14)22(3)13-6-10-15(11-7-13)24(18,19)21-2/h4-11,22H,1-3H3. The molecular formula is C15H18O6S3. The zero-order valence-corrected chi connectivity index (χ0v) is 15.9. The van der Waals surface area contributed by atoms with Crippen LogP contribution in [0.5, 0.6) is 0 Å². The van der Waals surface area contributed by atoms with Gasteiger partial charge >= 0.3 is 0 Å². The van der Waals surface area contributed by atoms with Gasteiger partial charge in [0.05, 0.1) is 24.0 Å². The summed E-state index contributed by atoms with van der Waals surface area (Å²) in [7, 11) is -5.92. The van der Waals surface area contributed by atoms with Gasteiger partial charge in [-0.15, -0.1) is 0 Å². The fourth-order valence-electron chi connectivity index (χ4n) is 2.01. The number of thiol groups is 1. The molecule has 2 rings (SSSR count). The number of hydrogen-bond donors (Lipinski definition) is 1. The summed E-state index contributed by atoms with van der Waals surface area (Å²) in [6.45, 7) is 0. The second-order valence-corrected chi connectivity index (χ2v) is 10.4. The summed E-state index contributed by atoms with van der Waals surface area (Å²) in [6, 6.07) is 12.9. The molecule has 2 aromatic carbocycles. The van der Waals surface area contributed by atoms with Crippen LogP contribution < -0.4 is 0 Å². The number of hydrogen-bond acceptors (Lipinski definition) is 6. The summed E-state index contributed by atoms with van der Waals surface area (Å²) < 4.78 is 55.5. The maximum atomic E-state index is 11.6. The van der Waals surface area contributed by atoms with Crippen molar-refractivity contribution >= 4 is 31.1 Å². The molecule has 0 aliphatic rings. The van der Waals surface area contributed by atoms with Crippen molar-refractivity contribution < 1.29 is 25.2 Å². The van der Waals surface area contributed by atoms with E-state index in [1.54, 1.807) is 24.3 Å². The predicted molar refractivity (Wildman–Crippen MR) is 92.7 cm³/mol. The van der Waals surface area contributed by atoms with Gasteiger partial charge in [-0.2, -0.15) is 16.8 Å². The van der Waals surface area contributed by atoms with E-state index in [9.17, 15) is 16.8 Å². The van der Waals surface area contributed by atoms with Crippen molar-refractivity contribution in [2.24, 2.45) is 0 Å². The van der Waals surface area contributed by atoms with Crippen LogP contribution in [0.4, 0.5) is 0 Å². The van der Waals surface area contributed by atoms with E-state index in [-0.39, 0.29) is 9.79 Å². The van der Waals surface area contributed by atoms with E-state index in [1.165, 1.54) is 24.3 Å².